The van der Waals surface area contributed by atoms with Crippen molar-refractivity contribution in [3.8, 4) is 17.1 Å². The van der Waals surface area contributed by atoms with Crippen LogP contribution in [0.4, 0.5) is 13.2 Å². The van der Waals surface area contributed by atoms with Crippen LogP contribution in [0.5, 0.6) is 5.75 Å². The van der Waals surface area contributed by atoms with E-state index in [4.69, 9.17) is 16.6 Å². The van der Waals surface area contributed by atoms with E-state index in [-0.39, 0.29) is 5.02 Å². The van der Waals surface area contributed by atoms with Gasteiger partial charge in [0.2, 0.25) is 0 Å². The largest absolute Gasteiger partial charge is 0.573 e. The summed E-state index contributed by atoms with van der Waals surface area (Å²) in [5.74, 6) is 1.28. The normalized spacial score (nSPS) is 21.9. The van der Waals surface area contributed by atoms with Crippen LogP contribution in [0.3, 0.4) is 0 Å². The Labute approximate surface area is 227 Å². The molecule has 0 aliphatic carbocycles. The summed E-state index contributed by atoms with van der Waals surface area (Å²) in [6.07, 6.45) is 1.18. The van der Waals surface area contributed by atoms with Gasteiger partial charge in [0, 0.05) is 17.6 Å². The van der Waals surface area contributed by atoms with Crippen LogP contribution in [-0.2, 0) is 0 Å². The number of halogens is 4. The Bertz CT molecular complexity index is 1270. The van der Waals surface area contributed by atoms with Gasteiger partial charge >= 0.3 is 6.36 Å². The first kappa shape index (κ1) is 27.3. The van der Waals surface area contributed by atoms with Gasteiger partial charge in [0.05, 0.1) is 16.1 Å². The van der Waals surface area contributed by atoms with Crippen LogP contribution >= 0.6 is 11.6 Å². The average molecular weight is 549 g/mol. The molecule has 1 aromatic heterocycles. The van der Waals surface area contributed by atoms with E-state index in [1.807, 2.05) is 0 Å². The third-order valence-electron chi connectivity index (χ3n) is 7.98. The van der Waals surface area contributed by atoms with E-state index >= 15 is 0 Å². The summed E-state index contributed by atoms with van der Waals surface area (Å²) in [6.45, 7) is 10.1. The molecule has 0 spiro atoms. The number of hydrogen-bond acceptors (Lipinski definition) is 4. The van der Waals surface area contributed by atoms with E-state index in [0.29, 0.717) is 35.3 Å². The van der Waals surface area contributed by atoms with Crippen molar-refractivity contribution in [2.75, 3.05) is 19.6 Å². The van der Waals surface area contributed by atoms with E-state index in [2.05, 4.69) is 52.8 Å². The highest BCUT2D eigenvalue weighted by molar-refractivity contribution is 6.32. The molecule has 3 heterocycles. The molecule has 1 unspecified atom stereocenters. The molecular formula is C29H36ClF3N4O. The quantitative estimate of drug-likeness (QED) is 0.336. The lowest BCUT2D eigenvalue weighted by Crippen LogP contribution is -2.51. The number of ether oxygens (including phenoxy) is 1. The number of piperidine rings is 2. The Morgan fingerprint density at radius 1 is 1.13 bits per heavy atom. The van der Waals surface area contributed by atoms with Crippen LogP contribution in [0.2, 0.25) is 5.02 Å². The molecule has 5 nitrogen and oxygen atoms in total. The number of hydrogen-bond donors (Lipinski definition) is 2. The number of benzene rings is 2. The maximum Gasteiger partial charge on any atom is 0.573 e. The van der Waals surface area contributed by atoms with Gasteiger partial charge in [-0.3, -0.25) is 4.90 Å². The Morgan fingerprint density at radius 2 is 1.89 bits per heavy atom. The van der Waals surface area contributed by atoms with Crippen molar-refractivity contribution in [2.45, 2.75) is 77.2 Å². The number of imidazole rings is 1. The predicted octanol–water partition coefficient (Wildman–Crippen LogP) is 7.44. The predicted molar refractivity (Wildman–Crippen MR) is 146 cm³/mol. The molecule has 0 saturated carbocycles. The number of likely N-dealkylation sites (tertiary alicyclic amines) is 1. The van der Waals surface area contributed by atoms with E-state index in [0.717, 1.165) is 49.1 Å². The summed E-state index contributed by atoms with van der Waals surface area (Å²) in [4.78, 5) is 10.9. The van der Waals surface area contributed by atoms with Crippen LogP contribution in [-0.4, -0.2) is 52.9 Å². The van der Waals surface area contributed by atoms with Gasteiger partial charge in [-0.15, -0.1) is 13.2 Å². The smallest absolute Gasteiger partial charge is 0.404 e. The summed E-state index contributed by atoms with van der Waals surface area (Å²) in [6, 6.07) is 9.94. The Hall–Kier alpha value is -2.29. The first-order valence-electron chi connectivity index (χ1n) is 13.6. The van der Waals surface area contributed by atoms with Crippen LogP contribution in [0.1, 0.15) is 63.0 Å². The fourth-order valence-corrected chi connectivity index (χ4v) is 6.53. The fraction of sp³-hybridized carbons (Fsp3) is 0.552. The molecule has 206 valence electrons. The molecular weight excluding hydrogens is 513 g/mol. The zero-order chi connectivity index (χ0) is 27.0. The topological polar surface area (TPSA) is 53.2 Å². The molecule has 0 radical (unpaired) electrons. The standard InChI is InChI=1S/C29H36ClF3N4O/c1-17(2)12-23-14-19(8-11-37(23)22-6-9-34-10-7-22)21-13-18(3)27-25(16-21)35-28(36-27)20-4-5-26(24(30)15-20)38-29(31,32)33/h4-5,13,15-17,19,22-23,34H,6-12,14H2,1-3H3,(H,35,36)/t19?,23-/m1/s1. The highest BCUT2D eigenvalue weighted by Gasteiger charge is 2.35. The number of aryl methyl sites for hydroxylation is 1. The van der Waals surface area contributed by atoms with Crippen molar-refractivity contribution in [3.63, 3.8) is 0 Å². The molecule has 2 fully saturated rings. The number of nitrogens with zero attached hydrogens (tertiary/aromatic N) is 2. The molecule has 2 saturated heterocycles. The third kappa shape index (κ3) is 6.13. The highest BCUT2D eigenvalue weighted by atomic mass is 35.5. The fourth-order valence-electron chi connectivity index (χ4n) is 6.31. The maximum atomic E-state index is 12.6. The van der Waals surface area contributed by atoms with Crippen molar-refractivity contribution >= 4 is 22.6 Å². The second-order valence-electron chi connectivity index (χ2n) is 11.2. The van der Waals surface area contributed by atoms with E-state index in [1.165, 1.54) is 43.0 Å². The minimum Gasteiger partial charge on any atom is -0.404 e. The van der Waals surface area contributed by atoms with Crippen molar-refractivity contribution in [1.82, 2.24) is 20.2 Å². The highest BCUT2D eigenvalue weighted by Crippen LogP contribution is 2.39. The minimum absolute atomic E-state index is 0.116. The molecule has 2 aromatic carbocycles. The van der Waals surface area contributed by atoms with Gasteiger partial charge in [0.1, 0.15) is 11.6 Å². The minimum atomic E-state index is -4.80. The molecule has 2 aliphatic heterocycles. The van der Waals surface area contributed by atoms with Crippen molar-refractivity contribution in [1.29, 1.82) is 0 Å². The number of fused-ring (bicyclic) bond motifs is 1. The SMILES string of the molecule is Cc1cc(C2CCN(C3CCNCC3)[C@H](CC(C)C)C2)cc2[nH]c(-c3ccc(OC(F)(F)F)c(Cl)c3)nc12. The number of H-pyrrole nitrogens is 1. The zero-order valence-corrected chi connectivity index (χ0v) is 22.9. The molecule has 9 heteroatoms. The number of aromatic nitrogens is 2. The maximum absolute atomic E-state index is 12.6. The van der Waals surface area contributed by atoms with Crippen molar-refractivity contribution in [2.24, 2.45) is 5.92 Å². The van der Waals surface area contributed by atoms with Crippen LogP contribution in [0, 0.1) is 12.8 Å². The lowest BCUT2D eigenvalue weighted by Gasteiger charge is -2.46. The summed E-state index contributed by atoms with van der Waals surface area (Å²) < 4.78 is 41.8. The van der Waals surface area contributed by atoms with Crippen LogP contribution < -0.4 is 10.1 Å². The summed E-state index contributed by atoms with van der Waals surface area (Å²) >= 11 is 6.09. The summed E-state index contributed by atoms with van der Waals surface area (Å²) in [7, 11) is 0. The first-order chi connectivity index (χ1) is 18.1. The lowest BCUT2D eigenvalue weighted by atomic mass is 9.80. The second-order valence-corrected chi connectivity index (χ2v) is 11.6. The summed E-state index contributed by atoms with van der Waals surface area (Å²) in [5, 5.41) is 3.38. The second kappa shape index (κ2) is 11.1. The van der Waals surface area contributed by atoms with Crippen molar-refractivity contribution in [3.05, 3.63) is 46.5 Å². The first-order valence-corrected chi connectivity index (χ1v) is 14.0. The zero-order valence-electron chi connectivity index (χ0n) is 22.2. The number of alkyl halides is 3. The van der Waals surface area contributed by atoms with Gasteiger partial charge in [-0.1, -0.05) is 31.5 Å². The van der Waals surface area contributed by atoms with E-state index < -0.39 is 12.1 Å². The van der Waals surface area contributed by atoms with Gasteiger partial charge in [-0.2, -0.15) is 0 Å². The van der Waals surface area contributed by atoms with Gasteiger partial charge in [-0.05, 0) is 106 Å². The van der Waals surface area contributed by atoms with Gasteiger partial charge in [0.25, 0.3) is 0 Å². The molecule has 0 amide bonds. The van der Waals surface area contributed by atoms with Gasteiger partial charge in [0.15, 0.2) is 0 Å². The molecule has 2 N–H and O–H groups in total. The molecule has 5 rings (SSSR count). The molecule has 2 atom stereocenters. The van der Waals surface area contributed by atoms with Crippen LogP contribution in [0.25, 0.3) is 22.4 Å². The number of nitrogens with one attached hydrogen (secondary N) is 2. The molecule has 38 heavy (non-hydrogen) atoms. The lowest BCUT2D eigenvalue weighted by molar-refractivity contribution is -0.274. The Kier molecular flexibility index (Phi) is 7.94. The molecule has 0 bridgehead atoms. The van der Waals surface area contributed by atoms with Gasteiger partial charge in [-0.25, -0.2) is 4.98 Å². The Balaban J connectivity index is 1.38. The Morgan fingerprint density at radius 3 is 2.58 bits per heavy atom. The molecule has 3 aromatic rings. The average Bonchev–Trinajstić information content (AvgIpc) is 3.30. The van der Waals surface area contributed by atoms with Gasteiger partial charge < -0.3 is 15.0 Å². The third-order valence-corrected chi connectivity index (χ3v) is 8.28. The molecule has 2 aliphatic rings. The van der Waals surface area contributed by atoms with E-state index in [1.54, 1.807) is 0 Å². The van der Waals surface area contributed by atoms with Crippen molar-refractivity contribution < 1.29 is 17.9 Å². The number of aromatic amines is 1. The summed E-state index contributed by atoms with van der Waals surface area (Å²) in [5.41, 5.74) is 4.82. The van der Waals surface area contributed by atoms with E-state index in [9.17, 15) is 13.2 Å². The van der Waals surface area contributed by atoms with Crippen LogP contribution in [0.15, 0.2) is 30.3 Å². The monoisotopic (exact) mass is 548 g/mol. The number of rotatable bonds is 6.